The molecule has 0 unspecified atom stereocenters. The second kappa shape index (κ2) is 9.00. The SMILES string of the molecule is CCOC(=O)CN(C(=O)C[NH+]1CCOCC1)c1ccc(Br)cc1. The molecule has 0 spiro atoms. The van der Waals surface area contributed by atoms with Crippen LogP contribution in [0.3, 0.4) is 0 Å². The Morgan fingerprint density at radius 2 is 1.91 bits per heavy atom. The highest BCUT2D eigenvalue weighted by Gasteiger charge is 2.25. The Kier molecular flexibility index (Phi) is 7.01. The summed E-state index contributed by atoms with van der Waals surface area (Å²) in [5.41, 5.74) is 0.693. The summed E-state index contributed by atoms with van der Waals surface area (Å²) in [6, 6.07) is 7.33. The molecule has 0 saturated carbocycles. The van der Waals surface area contributed by atoms with E-state index in [9.17, 15) is 9.59 Å². The molecule has 1 fully saturated rings. The number of rotatable bonds is 6. The van der Waals surface area contributed by atoms with Gasteiger partial charge in [0.05, 0.1) is 19.8 Å². The molecule has 1 saturated heterocycles. The maximum atomic E-state index is 12.7. The van der Waals surface area contributed by atoms with E-state index in [0.29, 0.717) is 32.1 Å². The first-order valence-electron chi connectivity index (χ1n) is 7.73. The molecule has 1 aromatic rings. The molecule has 0 radical (unpaired) electrons. The number of nitrogens with one attached hydrogen (secondary N) is 1. The fourth-order valence-corrected chi connectivity index (χ4v) is 2.69. The molecule has 1 aliphatic rings. The van der Waals surface area contributed by atoms with E-state index < -0.39 is 5.97 Å². The van der Waals surface area contributed by atoms with Crippen LogP contribution >= 0.6 is 15.9 Å². The molecule has 6 nitrogen and oxygen atoms in total. The third kappa shape index (κ3) is 5.60. The zero-order valence-corrected chi connectivity index (χ0v) is 14.8. The van der Waals surface area contributed by atoms with Crippen molar-refractivity contribution >= 4 is 33.5 Å². The standard InChI is InChI=1S/C16H21BrN2O4/c1-2-23-16(21)12-19(14-5-3-13(17)4-6-14)15(20)11-18-7-9-22-10-8-18/h3-6H,2,7-12H2,1H3/p+1. The number of carbonyl (C=O) groups is 2. The lowest BCUT2D eigenvalue weighted by Crippen LogP contribution is -3.15. The Morgan fingerprint density at radius 3 is 2.52 bits per heavy atom. The van der Waals surface area contributed by atoms with Crippen molar-refractivity contribution in [3.63, 3.8) is 0 Å². The first-order valence-corrected chi connectivity index (χ1v) is 8.52. The van der Waals surface area contributed by atoms with E-state index >= 15 is 0 Å². The van der Waals surface area contributed by atoms with Crippen LogP contribution < -0.4 is 9.80 Å². The van der Waals surface area contributed by atoms with E-state index in [1.807, 2.05) is 24.3 Å². The van der Waals surface area contributed by atoms with Crippen molar-refractivity contribution in [2.75, 3.05) is 50.9 Å². The second-order valence-corrected chi connectivity index (χ2v) is 6.22. The summed E-state index contributed by atoms with van der Waals surface area (Å²) in [6.45, 7) is 5.27. The number of hydrogen-bond acceptors (Lipinski definition) is 4. The third-order valence-corrected chi connectivity index (χ3v) is 4.16. The number of amides is 1. The monoisotopic (exact) mass is 385 g/mol. The van der Waals surface area contributed by atoms with Gasteiger partial charge in [-0.3, -0.25) is 14.5 Å². The third-order valence-electron chi connectivity index (χ3n) is 3.63. The summed E-state index contributed by atoms with van der Waals surface area (Å²) in [5, 5.41) is 0. The van der Waals surface area contributed by atoms with Gasteiger partial charge in [-0.2, -0.15) is 0 Å². The number of morpholine rings is 1. The minimum absolute atomic E-state index is 0.0713. The molecular formula is C16H22BrN2O4+. The Balaban J connectivity index is 2.09. The van der Waals surface area contributed by atoms with Crippen LogP contribution in [0.1, 0.15) is 6.92 Å². The molecule has 126 valence electrons. The number of quaternary nitrogens is 1. The van der Waals surface area contributed by atoms with Crippen LogP contribution in [0.2, 0.25) is 0 Å². The maximum Gasteiger partial charge on any atom is 0.326 e. The molecule has 1 N–H and O–H groups in total. The van der Waals surface area contributed by atoms with Crippen molar-refractivity contribution in [2.24, 2.45) is 0 Å². The lowest BCUT2D eigenvalue weighted by Gasteiger charge is -2.27. The molecule has 1 amide bonds. The van der Waals surface area contributed by atoms with Gasteiger partial charge in [0.2, 0.25) is 0 Å². The highest BCUT2D eigenvalue weighted by molar-refractivity contribution is 9.10. The van der Waals surface area contributed by atoms with Gasteiger partial charge < -0.3 is 14.4 Å². The second-order valence-electron chi connectivity index (χ2n) is 5.30. The van der Waals surface area contributed by atoms with E-state index in [2.05, 4.69) is 15.9 Å². The number of esters is 1. The van der Waals surface area contributed by atoms with Gasteiger partial charge in [-0.15, -0.1) is 0 Å². The van der Waals surface area contributed by atoms with Gasteiger partial charge in [0.15, 0.2) is 6.54 Å². The molecular weight excluding hydrogens is 364 g/mol. The Labute approximate surface area is 144 Å². The van der Waals surface area contributed by atoms with Crippen LogP contribution in [0.5, 0.6) is 0 Å². The summed E-state index contributed by atoms with van der Waals surface area (Å²) in [4.78, 5) is 27.2. The van der Waals surface area contributed by atoms with E-state index in [1.54, 1.807) is 6.92 Å². The van der Waals surface area contributed by atoms with Crippen LogP contribution in [0.4, 0.5) is 5.69 Å². The summed E-state index contributed by atoms with van der Waals surface area (Å²) >= 11 is 3.37. The predicted octanol–water partition coefficient (Wildman–Crippen LogP) is 0.260. The number of hydrogen-bond donors (Lipinski definition) is 1. The summed E-state index contributed by atoms with van der Waals surface area (Å²) in [7, 11) is 0. The Bertz CT molecular complexity index is 529. The van der Waals surface area contributed by atoms with Gasteiger partial charge in [-0.1, -0.05) is 15.9 Å². The molecule has 0 aliphatic carbocycles. The number of anilines is 1. The van der Waals surface area contributed by atoms with Crippen molar-refractivity contribution in [3.05, 3.63) is 28.7 Å². The minimum Gasteiger partial charge on any atom is -0.465 e. The highest BCUT2D eigenvalue weighted by atomic mass is 79.9. The Morgan fingerprint density at radius 1 is 1.26 bits per heavy atom. The summed E-state index contributed by atoms with van der Waals surface area (Å²) < 4.78 is 11.2. The molecule has 0 atom stereocenters. The van der Waals surface area contributed by atoms with Gasteiger partial charge >= 0.3 is 5.97 Å². The molecule has 0 bridgehead atoms. The van der Waals surface area contributed by atoms with Gasteiger partial charge in [-0.25, -0.2) is 0 Å². The fourth-order valence-electron chi connectivity index (χ4n) is 2.43. The molecule has 23 heavy (non-hydrogen) atoms. The average molecular weight is 386 g/mol. The number of halogens is 1. The number of ether oxygens (including phenoxy) is 2. The maximum absolute atomic E-state index is 12.7. The largest absolute Gasteiger partial charge is 0.465 e. The highest BCUT2D eigenvalue weighted by Crippen LogP contribution is 2.18. The van der Waals surface area contributed by atoms with Crippen molar-refractivity contribution in [3.8, 4) is 0 Å². The summed E-state index contributed by atoms with van der Waals surface area (Å²) in [5.74, 6) is -0.488. The van der Waals surface area contributed by atoms with E-state index in [4.69, 9.17) is 9.47 Å². The van der Waals surface area contributed by atoms with Crippen LogP contribution in [-0.4, -0.2) is 57.9 Å². The molecule has 1 aromatic carbocycles. The van der Waals surface area contributed by atoms with Crippen molar-refractivity contribution in [1.82, 2.24) is 0 Å². The topological polar surface area (TPSA) is 60.3 Å². The van der Waals surface area contributed by atoms with Gasteiger partial charge in [-0.05, 0) is 31.2 Å². The normalized spacial score (nSPS) is 15.2. The first kappa shape index (κ1) is 17.9. The van der Waals surface area contributed by atoms with Crippen molar-refractivity contribution in [2.45, 2.75) is 6.92 Å². The fraction of sp³-hybridized carbons (Fsp3) is 0.500. The van der Waals surface area contributed by atoms with Crippen molar-refractivity contribution in [1.29, 1.82) is 0 Å². The molecule has 0 aromatic heterocycles. The van der Waals surface area contributed by atoms with E-state index in [-0.39, 0.29) is 12.5 Å². The molecule has 1 heterocycles. The smallest absolute Gasteiger partial charge is 0.326 e. The van der Waals surface area contributed by atoms with Gasteiger partial charge in [0.1, 0.15) is 19.6 Å². The average Bonchev–Trinajstić information content (AvgIpc) is 2.55. The zero-order valence-electron chi connectivity index (χ0n) is 13.2. The van der Waals surface area contributed by atoms with Crippen LogP contribution in [0.25, 0.3) is 0 Å². The quantitative estimate of drug-likeness (QED) is 0.713. The molecule has 2 rings (SSSR count). The van der Waals surface area contributed by atoms with E-state index in [0.717, 1.165) is 17.6 Å². The number of carbonyl (C=O) groups excluding carboxylic acids is 2. The lowest BCUT2D eigenvalue weighted by atomic mass is 10.2. The van der Waals surface area contributed by atoms with Gasteiger partial charge in [0.25, 0.3) is 5.91 Å². The minimum atomic E-state index is -0.402. The number of benzene rings is 1. The first-order chi connectivity index (χ1) is 11.1. The molecule has 1 aliphatic heterocycles. The summed E-state index contributed by atoms with van der Waals surface area (Å²) in [6.07, 6.45) is 0. The van der Waals surface area contributed by atoms with Crippen molar-refractivity contribution < 1.29 is 24.0 Å². The van der Waals surface area contributed by atoms with E-state index in [1.165, 1.54) is 9.80 Å². The van der Waals surface area contributed by atoms with Crippen LogP contribution in [-0.2, 0) is 19.1 Å². The number of nitrogens with zero attached hydrogens (tertiary/aromatic N) is 1. The molecule has 7 heteroatoms. The Hall–Kier alpha value is -1.44. The van der Waals surface area contributed by atoms with Gasteiger partial charge in [0, 0.05) is 10.2 Å². The predicted molar refractivity (Wildman–Crippen MR) is 89.5 cm³/mol. The van der Waals surface area contributed by atoms with Crippen LogP contribution in [0, 0.1) is 0 Å². The van der Waals surface area contributed by atoms with Crippen LogP contribution in [0.15, 0.2) is 28.7 Å². The zero-order chi connectivity index (χ0) is 16.7. The lowest BCUT2D eigenvalue weighted by molar-refractivity contribution is -0.900.